The van der Waals surface area contributed by atoms with Crippen molar-refractivity contribution in [2.24, 2.45) is 0 Å². The quantitative estimate of drug-likeness (QED) is 0.481. The van der Waals surface area contributed by atoms with Crippen molar-refractivity contribution >= 4 is 22.1 Å². The Morgan fingerprint density at radius 1 is 1.08 bits per heavy atom. The monoisotopic (exact) mass is 546 g/mol. The van der Waals surface area contributed by atoms with Crippen LogP contribution in [0.2, 0.25) is 0 Å². The van der Waals surface area contributed by atoms with E-state index in [1.807, 2.05) is 30.3 Å². The molecule has 0 saturated carbocycles. The molecule has 208 valence electrons. The van der Waals surface area contributed by atoms with Crippen molar-refractivity contribution in [1.29, 1.82) is 0 Å². The van der Waals surface area contributed by atoms with E-state index in [0.29, 0.717) is 17.2 Å². The van der Waals surface area contributed by atoms with Crippen LogP contribution in [0.1, 0.15) is 76.1 Å². The number of carbonyl (C=O) groups excluding carboxylic acids is 4. The molecule has 1 aliphatic heterocycles. The zero-order valence-corrected chi connectivity index (χ0v) is 23.5. The number of fused-ring (bicyclic) bond motifs is 1. The van der Waals surface area contributed by atoms with E-state index >= 15 is 0 Å². The summed E-state index contributed by atoms with van der Waals surface area (Å²) in [5.74, 6) is 0.823. The van der Waals surface area contributed by atoms with E-state index < -0.39 is 15.4 Å². The van der Waals surface area contributed by atoms with Gasteiger partial charge in [0.2, 0.25) is 0 Å². The van der Waals surface area contributed by atoms with Crippen molar-refractivity contribution in [2.45, 2.75) is 82.4 Å². The number of nitrogens with one attached hydrogen (secondary N) is 2. The first-order chi connectivity index (χ1) is 18.1. The Morgan fingerprint density at radius 2 is 1.68 bits per heavy atom. The van der Waals surface area contributed by atoms with E-state index in [1.165, 1.54) is 0 Å². The van der Waals surface area contributed by atoms with E-state index in [0.717, 1.165) is 42.4 Å². The highest BCUT2D eigenvalue weighted by molar-refractivity contribution is 7.91. The Kier molecular flexibility index (Phi) is 13.8. The van der Waals surface area contributed by atoms with Crippen LogP contribution in [-0.4, -0.2) is 45.2 Å². The van der Waals surface area contributed by atoms with Gasteiger partial charge in [0.25, 0.3) is 0 Å². The molecule has 2 aromatic carbocycles. The van der Waals surface area contributed by atoms with Crippen LogP contribution in [0.15, 0.2) is 47.4 Å². The smallest absolute Gasteiger partial charge is 0.373 e. The van der Waals surface area contributed by atoms with Gasteiger partial charge in [-0.1, -0.05) is 70.9 Å². The lowest BCUT2D eigenvalue weighted by Crippen LogP contribution is -2.50. The lowest BCUT2D eigenvalue weighted by atomic mass is 9.88. The highest BCUT2D eigenvalue weighted by Crippen LogP contribution is 2.40. The summed E-state index contributed by atoms with van der Waals surface area (Å²) in [7, 11) is -1.85. The van der Waals surface area contributed by atoms with Crippen LogP contribution < -0.4 is 15.4 Å². The molecule has 10 heteroatoms. The summed E-state index contributed by atoms with van der Waals surface area (Å²) in [4.78, 5) is 32.9. The van der Waals surface area contributed by atoms with Crippen molar-refractivity contribution in [3.05, 3.63) is 59.2 Å². The largest absolute Gasteiger partial charge is 0.496 e. The minimum atomic E-state index is -3.50. The molecule has 0 bridgehead atoms. The molecule has 2 N–H and O–H groups in total. The van der Waals surface area contributed by atoms with E-state index in [1.54, 1.807) is 7.11 Å². The maximum Gasteiger partial charge on any atom is 0.373 e. The molecule has 38 heavy (non-hydrogen) atoms. The van der Waals surface area contributed by atoms with Gasteiger partial charge in [-0.25, -0.2) is 8.42 Å². The van der Waals surface area contributed by atoms with Crippen LogP contribution in [0.25, 0.3) is 0 Å². The van der Waals surface area contributed by atoms with Crippen LogP contribution >= 0.6 is 0 Å². The number of hydrogen-bond acceptors (Lipinski definition) is 9. The molecule has 0 spiro atoms. The van der Waals surface area contributed by atoms with Crippen molar-refractivity contribution in [3.63, 3.8) is 0 Å². The van der Waals surface area contributed by atoms with Gasteiger partial charge in [0, 0.05) is 23.7 Å². The lowest BCUT2D eigenvalue weighted by molar-refractivity contribution is -0.193. The first-order valence-corrected chi connectivity index (χ1v) is 14.2. The van der Waals surface area contributed by atoms with Gasteiger partial charge in [0.1, 0.15) is 5.75 Å². The fraction of sp³-hybridized carbons (Fsp3) is 0.500. The summed E-state index contributed by atoms with van der Waals surface area (Å²) in [6.45, 7) is 8.95. The number of hydrogen-bond donors (Lipinski definition) is 2. The molecule has 0 fully saturated rings. The summed E-state index contributed by atoms with van der Waals surface area (Å²) in [5, 5.41) is 7.21. The second-order valence-corrected chi connectivity index (χ2v) is 11.3. The normalized spacial score (nSPS) is 19.3. The molecular formula is C28H38N2O7S. The van der Waals surface area contributed by atoms with Crippen molar-refractivity contribution < 1.29 is 32.3 Å². The molecule has 2 aromatic rings. The van der Waals surface area contributed by atoms with Gasteiger partial charge in [-0.3, -0.25) is 5.32 Å². The lowest BCUT2D eigenvalue weighted by Gasteiger charge is -2.36. The molecule has 0 unspecified atom stereocenters. The first kappa shape index (κ1) is 32.9. The third-order valence-corrected chi connectivity index (χ3v) is 8.45. The molecule has 0 aliphatic carbocycles. The third kappa shape index (κ3) is 9.01. The van der Waals surface area contributed by atoms with Gasteiger partial charge in [-0.2, -0.15) is 19.2 Å². The Morgan fingerprint density at radius 3 is 2.18 bits per heavy atom. The maximum absolute atomic E-state index is 13.8. The van der Waals surface area contributed by atoms with Gasteiger partial charge in [0.15, 0.2) is 9.84 Å². The predicted molar refractivity (Wildman–Crippen MR) is 141 cm³/mol. The molecular weight excluding hydrogens is 508 g/mol. The third-order valence-electron chi connectivity index (χ3n) is 6.50. The number of methoxy groups -OCH3 is 1. The number of benzene rings is 2. The number of sulfone groups is 1. The summed E-state index contributed by atoms with van der Waals surface area (Å²) in [5.41, 5.74) is 2.23. The van der Waals surface area contributed by atoms with Crippen LogP contribution in [0, 0.1) is 0 Å². The maximum atomic E-state index is 13.8. The van der Waals surface area contributed by atoms with E-state index in [-0.39, 0.29) is 30.1 Å². The van der Waals surface area contributed by atoms with E-state index in [2.05, 4.69) is 50.5 Å². The molecule has 2 atom stereocenters. The highest BCUT2D eigenvalue weighted by atomic mass is 32.2. The Balaban J connectivity index is 0.00000110. The summed E-state index contributed by atoms with van der Waals surface area (Å²) < 4.78 is 33.3. The summed E-state index contributed by atoms with van der Waals surface area (Å²) >= 11 is 0. The number of rotatable bonds is 9. The second kappa shape index (κ2) is 16.0. The molecule has 0 radical (unpaired) electrons. The topological polar surface area (TPSA) is 136 Å². The fourth-order valence-electron chi connectivity index (χ4n) is 4.57. The van der Waals surface area contributed by atoms with Crippen LogP contribution in [0.3, 0.4) is 0 Å². The van der Waals surface area contributed by atoms with Crippen LogP contribution in [0.4, 0.5) is 0 Å². The second-order valence-electron chi connectivity index (χ2n) is 9.39. The minimum Gasteiger partial charge on any atom is -0.496 e. The van der Waals surface area contributed by atoms with Crippen LogP contribution in [0.5, 0.6) is 5.75 Å². The van der Waals surface area contributed by atoms with Gasteiger partial charge in [-0.05, 0) is 36.1 Å². The molecule has 1 heterocycles. The predicted octanol–water partition coefficient (Wildman–Crippen LogP) is 3.83. The standard InChI is InChI=1S/C26H38N2O3S.2CO2/c1-6-8-14-26(7-2)18-32(29,30)24-15-21(17-27-19(3)4)23(31-5)16-22(24)25(28-26)20-12-10-9-11-13-20;2*2-1-3/h9-13,15-16,19,25,27-28H,6-8,14,17-18H2,1-5H3;;/t25-,26+;;/m0../s1. The molecule has 0 amide bonds. The zero-order chi connectivity index (χ0) is 28.8. The zero-order valence-electron chi connectivity index (χ0n) is 22.7. The average molecular weight is 547 g/mol. The number of ether oxygens (including phenoxy) is 1. The first-order valence-electron chi connectivity index (χ1n) is 12.6. The Hall–Kier alpha value is -3.13. The molecule has 1 aliphatic rings. The van der Waals surface area contributed by atoms with Crippen LogP contribution in [-0.2, 0) is 35.6 Å². The molecule has 0 saturated heterocycles. The summed E-state index contributed by atoms with van der Waals surface area (Å²) in [6.07, 6.45) is 4.10. The van der Waals surface area contributed by atoms with Gasteiger partial charge in [0.05, 0.1) is 23.8 Å². The Labute approximate surface area is 225 Å². The molecule has 9 nitrogen and oxygen atoms in total. The highest BCUT2D eigenvalue weighted by Gasteiger charge is 2.42. The summed E-state index contributed by atoms with van der Waals surface area (Å²) in [6, 6.07) is 14.0. The van der Waals surface area contributed by atoms with Crippen molar-refractivity contribution in [2.75, 3.05) is 12.9 Å². The van der Waals surface area contributed by atoms with E-state index in [9.17, 15) is 8.42 Å². The SMILES string of the molecule is CCCC[C@]1(CC)CS(=O)(=O)c2cc(CNC(C)C)c(OC)cc2[C@H](c2ccccc2)N1.O=C=O.O=C=O. The number of unbranched alkanes of at least 4 members (excludes halogenated alkanes) is 1. The van der Waals surface area contributed by atoms with Gasteiger partial charge >= 0.3 is 12.3 Å². The molecule has 0 aromatic heterocycles. The fourth-order valence-corrected chi connectivity index (χ4v) is 6.74. The molecule has 3 rings (SSSR count). The van der Waals surface area contributed by atoms with Gasteiger partial charge in [-0.15, -0.1) is 0 Å². The van der Waals surface area contributed by atoms with E-state index in [4.69, 9.17) is 23.9 Å². The van der Waals surface area contributed by atoms with Crippen molar-refractivity contribution in [1.82, 2.24) is 10.6 Å². The average Bonchev–Trinajstić information content (AvgIpc) is 2.99. The van der Waals surface area contributed by atoms with Crippen molar-refractivity contribution in [3.8, 4) is 5.75 Å². The minimum absolute atomic E-state index is 0.107. The van der Waals surface area contributed by atoms with Gasteiger partial charge < -0.3 is 10.1 Å². The Bertz CT molecular complexity index is 1180.